The molecule has 31 heavy (non-hydrogen) atoms. The first-order valence-corrected chi connectivity index (χ1v) is 9.88. The minimum atomic E-state index is -0.619. The van der Waals surface area contributed by atoms with Gasteiger partial charge in [0.15, 0.2) is 12.4 Å². The molecule has 0 fully saturated rings. The zero-order valence-corrected chi connectivity index (χ0v) is 17.2. The Morgan fingerprint density at radius 1 is 1.19 bits per heavy atom. The Bertz CT molecular complexity index is 1180. The lowest BCUT2D eigenvalue weighted by Gasteiger charge is -2.05. The number of rotatable bonds is 6. The maximum absolute atomic E-state index is 13.2. The minimum Gasteiger partial charge on any atom is -0.493 e. The van der Waals surface area contributed by atoms with E-state index < -0.39 is 5.97 Å². The molecule has 0 aliphatic carbocycles. The normalized spacial score (nSPS) is 12.6. The van der Waals surface area contributed by atoms with Crippen LogP contribution in [0.15, 0.2) is 48.5 Å². The predicted molar refractivity (Wildman–Crippen MR) is 113 cm³/mol. The van der Waals surface area contributed by atoms with Gasteiger partial charge in [0.25, 0.3) is 0 Å². The highest BCUT2D eigenvalue weighted by Gasteiger charge is 2.16. The average molecular weight is 420 g/mol. The van der Waals surface area contributed by atoms with Crippen molar-refractivity contribution in [2.45, 2.75) is 20.3 Å². The molecule has 0 radical (unpaired) electrons. The number of benzene rings is 2. The number of ether oxygens (including phenoxy) is 2. The number of carbonyl (C=O) groups excluding carboxylic acids is 2. The highest BCUT2D eigenvalue weighted by Crippen LogP contribution is 2.26. The number of fused-ring (bicyclic) bond motifs is 1. The summed E-state index contributed by atoms with van der Waals surface area (Å²) in [6.45, 7) is 3.95. The van der Waals surface area contributed by atoms with Gasteiger partial charge in [0, 0.05) is 29.3 Å². The molecule has 0 bridgehead atoms. The molecule has 0 amide bonds. The number of hydrogen-bond acceptors (Lipinski definition) is 5. The summed E-state index contributed by atoms with van der Waals surface area (Å²) in [6, 6.07) is 11.2. The molecule has 4 rings (SSSR count). The van der Waals surface area contributed by atoms with Crippen LogP contribution in [-0.4, -0.2) is 34.7 Å². The van der Waals surface area contributed by atoms with Gasteiger partial charge in [0.2, 0.25) is 0 Å². The van der Waals surface area contributed by atoms with Crippen LogP contribution in [0.4, 0.5) is 4.39 Å². The van der Waals surface area contributed by atoms with E-state index in [1.807, 2.05) is 13.8 Å². The van der Waals surface area contributed by atoms with Gasteiger partial charge in [-0.15, -0.1) is 0 Å². The van der Waals surface area contributed by atoms with E-state index in [1.54, 1.807) is 41.1 Å². The summed E-state index contributed by atoms with van der Waals surface area (Å²) in [5.41, 5.74) is 4.46. The van der Waals surface area contributed by atoms with Crippen molar-refractivity contribution in [1.29, 1.82) is 0 Å². The molecule has 2 aromatic carbocycles. The second-order valence-corrected chi connectivity index (χ2v) is 7.26. The monoisotopic (exact) mass is 420 g/mol. The molecule has 3 aromatic rings. The number of aryl methyl sites for hydroxylation is 1. The molecule has 158 valence electrons. The molecule has 0 unspecified atom stereocenters. The average Bonchev–Trinajstić information content (AvgIpc) is 3.34. The van der Waals surface area contributed by atoms with Crippen LogP contribution >= 0.6 is 0 Å². The Morgan fingerprint density at radius 3 is 2.74 bits per heavy atom. The van der Waals surface area contributed by atoms with Crippen molar-refractivity contribution in [2.24, 2.45) is 0 Å². The van der Waals surface area contributed by atoms with Crippen LogP contribution in [0.25, 0.3) is 11.8 Å². The summed E-state index contributed by atoms with van der Waals surface area (Å²) in [4.78, 5) is 24.5. The molecule has 0 N–H and O–H groups in total. The third kappa shape index (κ3) is 4.40. The van der Waals surface area contributed by atoms with Crippen LogP contribution in [0.1, 0.15) is 32.9 Å². The van der Waals surface area contributed by atoms with E-state index in [2.05, 4.69) is 5.10 Å². The predicted octanol–water partition coefficient (Wildman–Crippen LogP) is 4.00. The Kier molecular flexibility index (Phi) is 5.66. The maximum atomic E-state index is 13.2. The molecule has 1 aliphatic heterocycles. The summed E-state index contributed by atoms with van der Waals surface area (Å²) in [6.07, 6.45) is 3.65. The molecule has 0 atom stereocenters. The van der Waals surface area contributed by atoms with Crippen LogP contribution in [0.2, 0.25) is 0 Å². The third-order valence-electron chi connectivity index (χ3n) is 5.16. The Morgan fingerprint density at radius 2 is 1.97 bits per heavy atom. The fourth-order valence-electron chi connectivity index (χ4n) is 3.51. The summed E-state index contributed by atoms with van der Waals surface area (Å²) in [7, 11) is 0. The molecule has 0 saturated heterocycles. The zero-order chi connectivity index (χ0) is 22.0. The molecule has 1 aromatic heterocycles. The van der Waals surface area contributed by atoms with Crippen LogP contribution in [0.3, 0.4) is 0 Å². The smallest absolute Gasteiger partial charge is 0.331 e. The topological polar surface area (TPSA) is 70.4 Å². The lowest BCUT2D eigenvalue weighted by Crippen LogP contribution is -2.12. The van der Waals surface area contributed by atoms with Crippen LogP contribution in [0.5, 0.6) is 5.75 Å². The van der Waals surface area contributed by atoms with E-state index in [4.69, 9.17) is 9.47 Å². The summed E-state index contributed by atoms with van der Waals surface area (Å²) >= 11 is 0. The van der Waals surface area contributed by atoms with Gasteiger partial charge in [-0.1, -0.05) is 0 Å². The highest BCUT2D eigenvalue weighted by atomic mass is 19.1. The molecule has 6 nitrogen and oxygen atoms in total. The van der Waals surface area contributed by atoms with E-state index in [9.17, 15) is 14.0 Å². The molecule has 0 saturated carbocycles. The second kappa shape index (κ2) is 8.55. The van der Waals surface area contributed by atoms with E-state index in [1.165, 1.54) is 18.2 Å². The molecule has 0 spiro atoms. The minimum absolute atomic E-state index is 0.270. The number of halogens is 1. The van der Waals surface area contributed by atoms with Crippen molar-refractivity contribution in [3.05, 3.63) is 82.4 Å². The number of esters is 1. The van der Waals surface area contributed by atoms with Crippen molar-refractivity contribution in [2.75, 3.05) is 13.2 Å². The van der Waals surface area contributed by atoms with Crippen LogP contribution < -0.4 is 4.74 Å². The first-order chi connectivity index (χ1) is 14.9. The lowest BCUT2D eigenvalue weighted by atomic mass is 10.1. The largest absolute Gasteiger partial charge is 0.493 e. The number of hydrogen-bond donors (Lipinski definition) is 0. The van der Waals surface area contributed by atoms with E-state index in [0.717, 1.165) is 34.7 Å². The van der Waals surface area contributed by atoms with Crippen molar-refractivity contribution in [3.63, 3.8) is 0 Å². The van der Waals surface area contributed by atoms with Crippen molar-refractivity contribution in [1.82, 2.24) is 9.78 Å². The maximum Gasteiger partial charge on any atom is 0.331 e. The van der Waals surface area contributed by atoms with E-state index >= 15 is 0 Å². The third-order valence-corrected chi connectivity index (χ3v) is 5.16. The van der Waals surface area contributed by atoms with Gasteiger partial charge >= 0.3 is 5.97 Å². The lowest BCUT2D eigenvalue weighted by molar-refractivity contribution is -0.136. The van der Waals surface area contributed by atoms with Gasteiger partial charge in [-0.2, -0.15) is 5.10 Å². The second-order valence-electron chi connectivity index (χ2n) is 7.26. The molecular formula is C24H21FN2O4. The van der Waals surface area contributed by atoms with Gasteiger partial charge in [0.05, 0.1) is 18.0 Å². The van der Waals surface area contributed by atoms with Gasteiger partial charge < -0.3 is 9.47 Å². The van der Waals surface area contributed by atoms with Gasteiger partial charge in [-0.25, -0.2) is 13.9 Å². The first kappa shape index (κ1) is 20.5. The van der Waals surface area contributed by atoms with Crippen LogP contribution in [0, 0.1) is 19.7 Å². The summed E-state index contributed by atoms with van der Waals surface area (Å²) in [5, 5.41) is 4.46. The number of Topliss-reactive ketones (excluding diaryl/α,β-unsaturated/α-hetero) is 1. The number of aromatic nitrogens is 2. The number of ketones is 1. The zero-order valence-electron chi connectivity index (χ0n) is 17.2. The molecular weight excluding hydrogens is 399 g/mol. The molecule has 7 heteroatoms. The van der Waals surface area contributed by atoms with Crippen LogP contribution in [-0.2, 0) is 16.0 Å². The highest BCUT2D eigenvalue weighted by molar-refractivity contribution is 5.99. The first-order valence-electron chi connectivity index (χ1n) is 9.88. The van der Waals surface area contributed by atoms with Gasteiger partial charge in [0.1, 0.15) is 11.6 Å². The van der Waals surface area contributed by atoms with Gasteiger partial charge in [-0.3, -0.25) is 4.79 Å². The fourth-order valence-corrected chi connectivity index (χ4v) is 3.51. The number of nitrogens with zero attached hydrogens (tertiary/aromatic N) is 2. The Hall–Kier alpha value is -3.74. The summed E-state index contributed by atoms with van der Waals surface area (Å²) < 4.78 is 25.4. The van der Waals surface area contributed by atoms with Gasteiger partial charge in [-0.05, 0) is 68.0 Å². The van der Waals surface area contributed by atoms with Crippen molar-refractivity contribution in [3.8, 4) is 11.4 Å². The summed E-state index contributed by atoms with van der Waals surface area (Å²) in [5.74, 6) is -0.418. The Labute approximate surface area is 178 Å². The quantitative estimate of drug-likeness (QED) is 0.342. The molecule has 1 aliphatic rings. The van der Waals surface area contributed by atoms with Crippen molar-refractivity contribution < 1.29 is 23.5 Å². The SMILES string of the molecule is Cc1nn(-c2ccc(F)cc2)c(C)c1/C=C/C(=O)OCC(=O)c1ccc2c(c1)CCO2. The Balaban J connectivity index is 1.40. The number of carbonyl (C=O) groups is 2. The van der Waals surface area contributed by atoms with E-state index in [0.29, 0.717) is 17.9 Å². The fraction of sp³-hybridized carbons (Fsp3) is 0.208. The van der Waals surface area contributed by atoms with E-state index in [-0.39, 0.29) is 18.2 Å². The molecule has 2 heterocycles. The van der Waals surface area contributed by atoms with Crippen molar-refractivity contribution >= 4 is 17.8 Å². The standard InChI is InChI=1S/C24H21FN2O4/c1-15-21(16(2)27(26-15)20-6-4-19(25)5-7-20)8-10-24(29)31-14-22(28)17-3-9-23-18(13-17)11-12-30-23/h3-10,13H,11-12,14H2,1-2H3/b10-8+.